The highest BCUT2D eigenvalue weighted by Crippen LogP contribution is 2.30. The molecule has 0 aliphatic carbocycles. The van der Waals surface area contributed by atoms with E-state index in [0.29, 0.717) is 22.5 Å². The number of alkyl halides is 3. The van der Waals surface area contributed by atoms with Crippen molar-refractivity contribution >= 4 is 29.2 Å². The smallest absolute Gasteiger partial charge is 0.422 e. The van der Waals surface area contributed by atoms with Crippen LogP contribution in [-0.4, -0.2) is 39.5 Å². The number of aromatic nitrogens is 2. The van der Waals surface area contributed by atoms with Crippen molar-refractivity contribution in [3.63, 3.8) is 0 Å². The molecule has 2 aromatic rings. The van der Waals surface area contributed by atoms with E-state index in [1.165, 1.54) is 23.4 Å². The Labute approximate surface area is 175 Å². The Bertz CT molecular complexity index is 982. The number of ether oxygens (including phenoxy) is 1. The van der Waals surface area contributed by atoms with Crippen molar-refractivity contribution in [3.05, 3.63) is 46.2 Å². The van der Waals surface area contributed by atoms with Crippen LogP contribution < -0.4 is 10.1 Å². The number of anilines is 1. The van der Waals surface area contributed by atoms with Crippen molar-refractivity contribution in [2.45, 2.75) is 33.1 Å². The van der Waals surface area contributed by atoms with E-state index >= 15 is 0 Å². The molecule has 2 aromatic heterocycles. The summed E-state index contributed by atoms with van der Waals surface area (Å²) >= 11 is 5.97. The molecule has 1 N–H and O–H groups in total. The lowest BCUT2D eigenvalue weighted by atomic mass is 10.1. The predicted octanol–water partition coefficient (Wildman–Crippen LogP) is 3.82. The minimum atomic E-state index is -4.51. The molecule has 0 aromatic carbocycles. The Morgan fingerprint density at radius 1 is 1.37 bits per heavy atom. The Hall–Kier alpha value is -2.88. The van der Waals surface area contributed by atoms with E-state index in [1.54, 1.807) is 19.9 Å². The molecular weight excluding hydrogens is 425 g/mol. The normalized spacial score (nSPS) is 13.6. The van der Waals surface area contributed by atoms with Crippen LogP contribution in [0.2, 0.25) is 5.02 Å². The molecule has 3 rings (SSSR count). The zero-order valence-electron chi connectivity index (χ0n) is 16.1. The van der Waals surface area contributed by atoms with E-state index in [0.717, 1.165) is 0 Å². The summed E-state index contributed by atoms with van der Waals surface area (Å²) in [5.41, 5.74) is 1.54. The molecule has 0 unspecified atom stereocenters. The fourth-order valence-electron chi connectivity index (χ4n) is 2.81. The number of nitrogens with zero attached hydrogens (tertiary/aromatic N) is 3. The number of hydrogen-bond donors (Lipinski definition) is 1. The number of hydrogen-bond acceptors (Lipinski definition) is 5. The van der Waals surface area contributed by atoms with Crippen LogP contribution in [0.15, 0.2) is 24.5 Å². The molecule has 1 aliphatic rings. The van der Waals surface area contributed by atoms with Crippen molar-refractivity contribution in [2.75, 3.05) is 11.9 Å². The largest absolute Gasteiger partial charge is 0.467 e. The maximum Gasteiger partial charge on any atom is 0.422 e. The lowest BCUT2D eigenvalue weighted by Crippen LogP contribution is -2.23. The molecule has 0 saturated heterocycles. The van der Waals surface area contributed by atoms with E-state index in [-0.39, 0.29) is 41.7 Å². The number of amides is 2. The first-order valence-corrected chi connectivity index (χ1v) is 9.35. The van der Waals surface area contributed by atoms with Crippen LogP contribution >= 0.6 is 11.6 Å². The second kappa shape index (κ2) is 8.47. The third-order valence-corrected chi connectivity index (χ3v) is 4.57. The zero-order valence-corrected chi connectivity index (χ0v) is 16.8. The predicted molar refractivity (Wildman–Crippen MR) is 102 cm³/mol. The van der Waals surface area contributed by atoms with Gasteiger partial charge in [0.05, 0.1) is 6.54 Å². The summed E-state index contributed by atoms with van der Waals surface area (Å²) in [6, 6.07) is 2.97. The van der Waals surface area contributed by atoms with Crippen LogP contribution in [0.25, 0.3) is 0 Å². The van der Waals surface area contributed by atoms with Crippen molar-refractivity contribution in [2.24, 2.45) is 5.92 Å². The molecule has 1 aliphatic heterocycles. The van der Waals surface area contributed by atoms with E-state index in [1.807, 2.05) is 0 Å². The Morgan fingerprint density at radius 2 is 2.10 bits per heavy atom. The molecule has 0 fully saturated rings. The number of fused-ring (bicyclic) bond motifs is 1. The van der Waals surface area contributed by atoms with E-state index in [9.17, 15) is 22.8 Å². The number of pyridine rings is 2. The molecule has 30 heavy (non-hydrogen) atoms. The number of carbonyl (C=O) groups excluding carboxylic acids is 2. The van der Waals surface area contributed by atoms with E-state index in [2.05, 4.69) is 20.0 Å². The quantitative estimate of drug-likeness (QED) is 0.735. The SMILES string of the molecule is CC(C)C(=O)Nc1nccc2c1CN(Cc1cnc(OCC(F)(F)F)c(Cl)c1)C2=O. The summed E-state index contributed by atoms with van der Waals surface area (Å²) in [4.78, 5) is 34.2. The van der Waals surface area contributed by atoms with Crippen molar-refractivity contribution in [1.29, 1.82) is 0 Å². The molecule has 0 saturated carbocycles. The molecule has 0 atom stereocenters. The molecule has 3 heterocycles. The van der Waals surface area contributed by atoms with Crippen molar-refractivity contribution in [3.8, 4) is 5.88 Å². The van der Waals surface area contributed by atoms with Gasteiger partial charge in [-0.2, -0.15) is 13.2 Å². The molecule has 2 amide bonds. The van der Waals surface area contributed by atoms with Gasteiger partial charge < -0.3 is 15.0 Å². The summed E-state index contributed by atoms with van der Waals surface area (Å²) in [6.07, 6.45) is -1.76. The summed E-state index contributed by atoms with van der Waals surface area (Å²) in [7, 11) is 0. The topological polar surface area (TPSA) is 84.4 Å². The minimum absolute atomic E-state index is 0.0903. The fraction of sp³-hybridized carbons (Fsp3) is 0.368. The summed E-state index contributed by atoms with van der Waals surface area (Å²) in [6.45, 7) is 2.32. The van der Waals surface area contributed by atoms with Gasteiger partial charge >= 0.3 is 6.18 Å². The van der Waals surface area contributed by atoms with Gasteiger partial charge in [-0.25, -0.2) is 9.97 Å². The van der Waals surface area contributed by atoms with Crippen LogP contribution in [0.3, 0.4) is 0 Å². The maximum atomic E-state index is 12.7. The van der Waals surface area contributed by atoms with Gasteiger partial charge in [0.15, 0.2) is 6.61 Å². The fourth-order valence-corrected chi connectivity index (χ4v) is 3.05. The second-order valence-electron chi connectivity index (χ2n) is 7.03. The van der Waals surface area contributed by atoms with Gasteiger partial charge in [-0.3, -0.25) is 9.59 Å². The van der Waals surface area contributed by atoms with Gasteiger partial charge in [0.2, 0.25) is 11.8 Å². The third kappa shape index (κ3) is 4.99. The maximum absolute atomic E-state index is 12.7. The van der Waals surface area contributed by atoms with Gasteiger partial charge in [0, 0.05) is 36.0 Å². The Kier molecular flexibility index (Phi) is 6.16. The summed E-state index contributed by atoms with van der Waals surface area (Å²) < 4.78 is 41.4. The van der Waals surface area contributed by atoms with Crippen molar-refractivity contribution in [1.82, 2.24) is 14.9 Å². The second-order valence-corrected chi connectivity index (χ2v) is 7.43. The minimum Gasteiger partial charge on any atom is -0.467 e. The van der Waals surface area contributed by atoms with Crippen LogP contribution in [-0.2, 0) is 17.9 Å². The van der Waals surface area contributed by atoms with Gasteiger partial charge in [0.25, 0.3) is 5.91 Å². The molecule has 0 spiro atoms. The van der Waals surface area contributed by atoms with E-state index < -0.39 is 12.8 Å². The molecular formula is C19H18ClF3N4O3. The van der Waals surface area contributed by atoms with Crippen LogP contribution in [0.1, 0.15) is 35.3 Å². The highest BCUT2D eigenvalue weighted by molar-refractivity contribution is 6.31. The lowest BCUT2D eigenvalue weighted by molar-refractivity contribution is -0.154. The average molecular weight is 443 g/mol. The molecule has 7 nitrogen and oxygen atoms in total. The monoisotopic (exact) mass is 442 g/mol. The highest BCUT2D eigenvalue weighted by Gasteiger charge is 2.31. The van der Waals surface area contributed by atoms with Crippen LogP contribution in [0.5, 0.6) is 5.88 Å². The lowest BCUT2D eigenvalue weighted by Gasteiger charge is -2.16. The van der Waals surface area contributed by atoms with Gasteiger partial charge in [0.1, 0.15) is 10.8 Å². The zero-order chi connectivity index (χ0) is 22.1. The first-order chi connectivity index (χ1) is 14.0. The van der Waals surface area contributed by atoms with Crippen LogP contribution in [0.4, 0.5) is 19.0 Å². The van der Waals surface area contributed by atoms with Crippen molar-refractivity contribution < 1.29 is 27.5 Å². The van der Waals surface area contributed by atoms with Gasteiger partial charge in [-0.05, 0) is 17.7 Å². The van der Waals surface area contributed by atoms with Gasteiger partial charge in [-0.15, -0.1) is 0 Å². The number of nitrogens with one attached hydrogen (secondary N) is 1. The molecule has 0 bridgehead atoms. The van der Waals surface area contributed by atoms with E-state index in [4.69, 9.17) is 11.6 Å². The first-order valence-electron chi connectivity index (χ1n) is 8.97. The average Bonchev–Trinajstić information content (AvgIpc) is 2.97. The number of halogens is 4. The molecule has 0 radical (unpaired) electrons. The number of carbonyl (C=O) groups is 2. The molecule has 160 valence electrons. The third-order valence-electron chi connectivity index (χ3n) is 4.30. The molecule has 11 heteroatoms. The van der Waals surface area contributed by atoms with Gasteiger partial charge in [-0.1, -0.05) is 25.4 Å². The Morgan fingerprint density at radius 3 is 2.73 bits per heavy atom. The van der Waals surface area contributed by atoms with Crippen LogP contribution in [0, 0.1) is 5.92 Å². The summed E-state index contributed by atoms with van der Waals surface area (Å²) in [5.74, 6) is -0.735. The highest BCUT2D eigenvalue weighted by atomic mass is 35.5. The standard InChI is InChI=1S/C19H18ClF3N4O3/c1-10(2)16(28)26-15-13-8-27(18(29)12(13)3-4-24-15)7-11-5-14(20)17(25-6-11)30-9-19(21,22)23/h3-6,10H,7-9H2,1-2H3,(H,24,26,28). The first kappa shape index (κ1) is 21.8. The summed E-state index contributed by atoms with van der Waals surface area (Å²) in [5, 5.41) is 2.63. The number of rotatable bonds is 6. The Balaban J connectivity index is 1.73.